The van der Waals surface area contributed by atoms with E-state index < -0.39 is 24.1 Å². The number of carbonyl (C=O) groups is 4. The largest absolute Gasteiger partial charge is 0.492 e. The molecular formula is C29H38N4O9. The molecule has 0 fully saturated rings. The molecule has 42 heavy (non-hydrogen) atoms. The van der Waals surface area contributed by atoms with Gasteiger partial charge in [0.05, 0.1) is 19.7 Å². The van der Waals surface area contributed by atoms with Crippen LogP contribution in [-0.2, 0) is 21.4 Å². The average Bonchev–Trinajstić information content (AvgIpc) is 3.30. The molecule has 1 heterocycles. The molecule has 0 aromatic heterocycles. The molecule has 0 saturated heterocycles. The van der Waals surface area contributed by atoms with Crippen molar-refractivity contribution in [3.8, 4) is 17.2 Å². The number of amides is 2. The van der Waals surface area contributed by atoms with E-state index in [2.05, 4.69) is 41.2 Å². The van der Waals surface area contributed by atoms with Crippen molar-refractivity contribution in [1.82, 2.24) is 21.3 Å². The summed E-state index contributed by atoms with van der Waals surface area (Å²) in [4.78, 5) is 47.5. The van der Waals surface area contributed by atoms with Gasteiger partial charge < -0.3 is 45.7 Å². The van der Waals surface area contributed by atoms with Gasteiger partial charge in [-0.15, -0.1) is 0 Å². The molecule has 0 spiro atoms. The highest BCUT2D eigenvalue weighted by Crippen LogP contribution is 2.54. The molecule has 0 bridgehead atoms. The van der Waals surface area contributed by atoms with E-state index in [-0.39, 0.29) is 62.1 Å². The van der Waals surface area contributed by atoms with Crippen LogP contribution in [0.15, 0.2) is 12.1 Å². The highest BCUT2D eigenvalue weighted by Gasteiger charge is 2.37. The Morgan fingerprint density at radius 2 is 1.52 bits per heavy atom. The summed E-state index contributed by atoms with van der Waals surface area (Å²) in [6.07, 6.45) is 1.08. The maximum absolute atomic E-state index is 13.0. The summed E-state index contributed by atoms with van der Waals surface area (Å²) < 4.78 is 17.9. The van der Waals surface area contributed by atoms with Crippen LogP contribution in [0, 0.1) is 0 Å². The summed E-state index contributed by atoms with van der Waals surface area (Å²) in [5.41, 5.74) is 2.62. The lowest BCUT2D eigenvalue weighted by Crippen LogP contribution is -2.36. The molecule has 2 aromatic rings. The molecule has 0 saturated carbocycles. The molecule has 2 amide bonds. The summed E-state index contributed by atoms with van der Waals surface area (Å²) in [7, 11) is 0. The molecular weight excluding hydrogens is 548 g/mol. The van der Waals surface area contributed by atoms with E-state index in [0.717, 1.165) is 35.8 Å². The van der Waals surface area contributed by atoms with Crippen LogP contribution in [0.1, 0.15) is 56.2 Å². The SMILES string of the molecule is C[C@H]1COc2c1c(OC(=O)NCCNCC(=O)O)c(OC(=O)NCCNCC(=O)O)c1c3c(ccc21)C(C)(C)CCC3. The van der Waals surface area contributed by atoms with Gasteiger partial charge in [0.25, 0.3) is 0 Å². The Morgan fingerprint density at radius 1 is 0.929 bits per heavy atom. The monoisotopic (exact) mass is 586 g/mol. The maximum Gasteiger partial charge on any atom is 0.412 e. The Bertz CT molecular complexity index is 1380. The van der Waals surface area contributed by atoms with Crippen molar-refractivity contribution in [2.45, 2.75) is 51.4 Å². The highest BCUT2D eigenvalue weighted by molar-refractivity contribution is 6.03. The number of ether oxygens (including phenoxy) is 3. The number of aliphatic carboxylic acids is 2. The lowest BCUT2D eigenvalue weighted by molar-refractivity contribution is -0.136. The van der Waals surface area contributed by atoms with Gasteiger partial charge in [0.15, 0.2) is 11.5 Å². The number of aryl methyl sites for hydroxylation is 1. The number of benzene rings is 2. The minimum Gasteiger partial charge on any atom is -0.492 e. The molecule has 4 rings (SSSR count). The second-order valence-electron chi connectivity index (χ2n) is 11.1. The Labute approximate surface area is 243 Å². The van der Waals surface area contributed by atoms with Gasteiger partial charge in [-0.25, -0.2) is 9.59 Å². The van der Waals surface area contributed by atoms with Gasteiger partial charge in [-0.1, -0.05) is 32.9 Å². The zero-order valence-electron chi connectivity index (χ0n) is 24.1. The van der Waals surface area contributed by atoms with Gasteiger partial charge >= 0.3 is 24.1 Å². The molecule has 6 N–H and O–H groups in total. The second kappa shape index (κ2) is 13.3. The van der Waals surface area contributed by atoms with Crippen LogP contribution in [-0.4, -0.2) is 80.2 Å². The van der Waals surface area contributed by atoms with Crippen LogP contribution in [0.3, 0.4) is 0 Å². The average molecular weight is 587 g/mol. The first-order valence-corrected chi connectivity index (χ1v) is 14.0. The number of nitrogens with one attached hydrogen (secondary N) is 4. The van der Waals surface area contributed by atoms with Crippen molar-refractivity contribution < 1.29 is 43.6 Å². The van der Waals surface area contributed by atoms with Gasteiger partial charge in [0, 0.05) is 48.4 Å². The topological polar surface area (TPSA) is 185 Å². The summed E-state index contributed by atoms with van der Waals surface area (Å²) in [5, 5.41) is 29.6. The van der Waals surface area contributed by atoms with Gasteiger partial charge in [-0.3, -0.25) is 9.59 Å². The van der Waals surface area contributed by atoms with Crippen LogP contribution in [0.4, 0.5) is 9.59 Å². The number of carboxylic acids is 2. The first-order chi connectivity index (χ1) is 20.0. The quantitative estimate of drug-likeness (QED) is 0.201. The molecule has 1 atom stereocenters. The normalized spacial score (nSPS) is 16.6. The Morgan fingerprint density at radius 3 is 2.12 bits per heavy atom. The van der Waals surface area contributed by atoms with Crippen LogP contribution < -0.4 is 35.5 Å². The number of hydrogen-bond acceptors (Lipinski definition) is 9. The predicted molar refractivity (Wildman–Crippen MR) is 153 cm³/mol. The van der Waals surface area contributed by atoms with Gasteiger partial charge in [0.2, 0.25) is 0 Å². The second-order valence-corrected chi connectivity index (χ2v) is 11.1. The third kappa shape index (κ3) is 7.02. The Balaban J connectivity index is 1.72. The zero-order chi connectivity index (χ0) is 30.4. The fraction of sp³-hybridized carbons (Fsp3) is 0.517. The maximum atomic E-state index is 13.0. The summed E-state index contributed by atoms with van der Waals surface area (Å²) in [6.45, 7) is 6.77. The minimum absolute atomic E-state index is 0.0921. The number of hydrogen-bond donors (Lipinski definition) is 6. The predicted octanol–water partition coefficient (Wildman–Crippen LogP) is 2.47. The molecule has 2 aromatic carbocycles. The van der Waals surface area contributed by atoms with E-state index in [1.165, 1.54) is 0 Å². The number of carboxylic acid groups (broad SMARTS) is 2. The van der Waals surface area contributed by atoms with Gasteiger partial charge in [-0.05, 0) is 35.8 Å². The van der Waals surface area contributed by atoms with Crippen molar-refractivity contribution >= 4 is 34.9 Å². The van der Waals surface area contributed by atoms with Gasteiger partial charge in [0.1, 0.15) is 5.75 Å². The number of fused-ring (bicyclic) bond motifs is 5. The lowest BCUT2D eigenvalue weighted by atomic mass is 9.71. The first kappa shape index (κ1) is 30.8. The van der Waals surface area contributed by atoms with Crippen LogP contribution in [0.25, 0.3) is 10.8 Å². The molecule has 0 unspecified atom stereocenters. The third-order valence-corrected chi connectivity index (χ3v) is 7.49. The number of carbonyl (C=O) groups excluding carboxylic acids is 2. The van der Waals surface area contributed by atoms with Crippen LogP contribution in [0.2, 0.25) is 0 Å². The fourth-order valence-electron chi connectivity index (χ4n) is 5.56. The van der Waals surface area contributed by atoms with Crippen molar-refractivity contribution in [3.63, 3.8) is 0 Å². The first-order valence-electron chi connectivity index (χ1n) is 14.0. The smallest absolute Gasteiger partial charge is 0.412 e. The van der Waals surface area contributed by atoms with Crippen molar-refractivity contribution in [3.05, 3.63) is 28.8 Å². The standard InChI is InChI=1S/C29H38N4O9/c1-16-15-40-24-18-6-7-19-17(5-4-8-29(19,2)3)23(18)26(42-28(39)33-12-10-31-14-21(36)37)25(22(16)24)41-27(38)32-11-9-30-13-20(34)35/h6-7,16,30-31H,4-5,8-15H2,1-3H3,(H,32,38)(H,33,39)(H,34,35)(H,36,37)/t16-/m0/s1. The summed E-state index contributed by atoms with van der Waals surface area (Å²) in [5.74, 6) is -1.39. The highest BCUT2D eigenvalue weighted by atomic mass is 16.6. The van der Waals surface area contributed by atoms with Gasteiger partial charge in [-0.2, -0.15) is 0 Å². The van der Waals surface area contributed by atoms with E-state index in [0.29, 0.717) is 23.3 Å². The zero-order valence-corrected chi connectivity index (χ0v) is 24.1. The van der Waals surface area contributed by atoms with E-state index in [4.69, 9.17) is 24.4 Å². The summed E-state index contributed by atoms with van der Waals surface area (Å²) in [6, 6.07) is 4.06. The molecule has 228 valence electrons. The molecule has 0 radical (unpaired) electrons. The summed E-state index contributed by atoms with van der Waals surface area (Å²) >= 11 is 0. The molecule has 13 heteroatoms. The molecule has 2 aliphatic rings. The molecule has 1 aliphatic carbocycles. The molecule has 13 nitrogen and oxygen atoms in total. The van der Waals surface area contributed by atoms with E-state index in [1.807, 2.05) is 13.0 Å². The molecule has 1 aliphatic heterocycles. The third-order valence-electron chi connectivity index (χ3n) is 7.49. The van der Waals surface area contributed by atoms with Crippen LogP contribution >= 0.6 is 0 Å². The van der Waals surface area contributed by atoms with Crippen molar-refractivity contribution in [2.75, 3.05) is 45.9 Å². The Hall–Kier alpha value is -4.10. The van der Waals surface area contributed by atoms with Crippen molar-refractivity contribution in [2.24, 2.45) is 0 Å². The Kier molecular flexibility index (Phi) is 9.74. The fourth-order valence-corrected chi connectivity index (χ4v) is 5.56. The van der Waals surface area contributed by atoms with E-state index in [9.17, 15) is 19.2 Å². The van der Waals surface area contributed by atoms with E-state index in [1.54, 1.807) is 0 Å². The lowest BCUT2D eigenvalue weighted by Gasteiger charge is -2.34. The van der Waals surface area contributed by atoms with Crippen LogP contribution in [0.5, 0.6) is 17.2 Å². The van der Waals surface area contributed by atoms with E-state index >= 15 is 0 Å². The minimum atomic E-state index is -1.01. The number of rotatable bonds is 12. The van der Waals surface area contributed by atoms with Crippen molar-refractivity contribution in [1.29, 1.82) is 0 Å².